The van der Waals surface area contributed by atoms with Crippen LogP contribution in [-0.4, -0.2) is 40.8 Å². The molecule has 1 rings (SSSR count). The predicted octanol–water partition coefficient (Wildman–Crippen LogP) is 0.561. The van der Waals surface area contributed by atoms with Gasteiger partial charge >= 0.3 is 6.03 Å². The van der Waals surface area contributed by atoms with Crippen LogP contribution in [0, 0.1) is 0 Å². The molecule has 0 aliphatic carbocycles. The number of carbonyl (C=O) groups excluding carboxylic acids is 1. The lowest BCUT2D eigenvalue weighted by molar-refractivity contribution is 0.0670. The van der Waals surface area contributed by atoms with Gasteiger partial charge < -0.3 is 15.3 Å². The van der Waals surface area contributed by atoms with E-state index in [0.717, 1.165) is 13.0 Å². The van der Waals surface area contributed by atoms with Crippen LogP contribution in [0.2, 0.25) is 0 Å². The number of hydrogen-bond donors (Lipinski definition) is 2. The van der Waals surface area contributed by atoms with E-state index < -0.39 is 0 Å². The molecule has 1 aliphatic rings. The molecule has 1 aliphatic heterocycles. The largest absolute Gasteiger partial charge is 0.394 e. The Balaban J connectivity index is 2.40. The first kappa shape index (κ1) is 10.3. The van der Waals surface area contributed by atoms with E-state index >= 15 is 0 Å². The van der Waals surface area contributed by atoms with Crippen molar-refractivity contribution in [3.05, 3.63) is 0 Å². The van der Waals surface area contributed by atoms with E-state index in [1.807, 2.05) is 20.8 Å². The van der Waals surface area contributed by atoms with Gasteiger partial charge in [-0.25, -0.2) is 4.79 Å². The topological polar surface area (TPSA) is 52.6 Å². The van der Waals surface area contributed by atoms with Gasteiger partial charge in [-0.05, 0) is 27.2 Å². The van der Waals surface area contributed by atoms with Crippen LogP contribution in [0.1, 0.15) is 27.2 Å². The van der Waals surface area contributed by atoms with E-state index in [9.17, 15) is 4.79 Å². The molecule has 0 aromatic heterocycles. The molecule has 4 heteroatoms. The molecule has 0 radical (unpaired) electrons. The summed E-state index contributed by atoms with van der Waals surface area (Å²) in [6.07, 6.45) is 0.911. The lowest BCUT2D eigenvalue weighted by Crippen LogP contribution is -2.59. The van der Waals surface area contributed by atoms with Gasteiger partial charge in [-0.2, -0.15) is 0 Å². The minimum absolute atomic E-state index is 0.0300. The summed E-state index contributed by atoms with van der Waals surface area (Å²) in [5.74, 6) is 0. The molecule has 2 N–H and O–H groups in total. The third-order valence-corrected chi connectivity index (χ3v) is 2.10. The normalized spacial score (nSPS) is 22.5. The van der Waals surface area contributed by atoms with Crippen molar-refractivity contribution in [3.8, 4) is 0 Å². The van der Waals surface area contributed by atoms with Gasteiger partial charge in [0.1, 0.15) is 0 Å². The van der Waals surface area contributed by atoms with Crippen LogP contribution in [-0.2, 0) is 0 Å². The number of amides is 2. The molecule has 1 unspecified atom stereocenters. The van der Waals surface area contributed by atoms with Gasteiger partial charge in [-0.15, -0.1) is 0 Å². The van der Waals surface area contributed by atoms with Crippen molar-refractivity contribution >= 4 is 6.03 Å². The Kier molecular flexibility index (Phi) is 2.81. The van der Waals surface area contributed by atoms with Crippen molar-refractivity contribution in [2.45, 2.75) is 38.8 Å². The standard InChI is InChI=1S/C9H18N2O2/c1-9(2,3)10-8(13)11-5-4-7(11)6-12/h7,12H,4-6H2,1-3H3,(H,10,13). The SMILES string of the molecule is CC(C)(C)NC(=O)N1CCC1CO. The summed E-state index contributed by atoms with van der Waals surface area (Å²) in [5.41, 5.74) is -0.202. The minimum atomic E-state index is -0.202. The van der Waals surface area contributed by atoms with Crippen LogP contribution < -0.4 is 5.32 Å². The Labute approximate surface area is 78.9 Å². The number of nitrogens with zero attached hydrogens (tertiary/aromatic N) is 1. The van der Waals surface area contributed by atoms with Gasteiger partial charge in [0.05, 0.1) is 12.6 Å². The van der Waals surface area contributed by atoms with E-state index in [2.05, 4.69) is 5.32 Å². The Hall–Kier alpha value is -0.770. The van der Waals surface area contributed by atoms with Gasteiger partial charge in [-0.1, -0.05) is 0 Å². The van der Waals surface area contributed by atoms with Crippen molar-refractivity contribution in [2.75, 3.05) is 13.2 Å². The molecule has 2 amide bonds. The van der Waals surface area contributed by atoms with Gasteiger partial charge in [0.25, 0.3) is 0 Å². The maximum Gasteiger partial charge on any atom is 0.318 e. The summed E-state index contributed by atoms with van der Waals surface area (Å²) in [6.45, 7) is 6.65. The molecule has 13 heavy (non-hydrogen) atoms. The molecule has 1 heterocycles. The number of carbonyl (C=O) groups is 1. The molecule has 1 saturated heterocycles. The number of urea groups is 1. The summed E-state index contributed by atoms with van der Waals surface area (Å²) in [6, 6.07) is -0.0415. The molecule has 76 valence electrons. The molecule has 0 spiro atoms. The molecule has 0 saturated carbocycles. The molecule has 1 atom stereocenters. The van der Waals surface area contributed by atoms with E-state index in [1.54, 1.807) is 4.90 Å². The fraction of sp³-hybridized carbons (Fsp3) is 0.889. The fourth-order valence-corrected chi connectivity index (χ4v) is 1.29. The van der Waals surface area contributed by atoms with Crippen molar-refractivity contribution in [1.29, 1.82) is 0 Å². The quantitative estimate of drug-likeness (QED) is 0.628. The lowest BCUT2D eigenvalue weighted by atomic mass is 10.0. The smallest absolute Gasteiger partial charge is 0.318 e. The number of likely N-dealkylation sites (tertiary alicyclic amines) is 1. The number of hydrogen-bond acceptors (Lipinski definition) is 2. The van der Waals surface area contributed by atoms with Crippen LogP contribution in [0.5, 0.6) is 0 Å². The molecule has 4 nitrogen and oxygen atoms in total. The van der Waals surface area contributed by atoms with Crippen molar-refractivity contribution in [3.63, 3.8) is 0 Å². The second-order valence-electron chi connectivity index (χ2n) is 4.50. The van der Waals surface area contributed by atoms with Crippen LogP contribution in [0.15, 0.2) is 0 Å². The van der Waals surface area contributed by atoms with Gasteiger partial charge in [-0.3, -0.25) is 0 Å². The maximum atomic E-state index is 11.5. The summed E-state index contributed by atoms with van der Waals surface area (Å²) in [4.78, 5) is 13.2. The molecule has 0 aromatic carbocycles. The predicted molar refractivity (Wildman–Crippen MR) is 50.5 cm³/mol. The van der Waals surface area contributed by atoms with Gasteiger partial charge in [0.2, 0.25) is 0 Å². The Morgan fingerprint density at radius 1 is 1.62 bits per heavy atom. The molecule has 0 bridgehead atoms. The average Bonchev–Trinajstić information content (AvgIpc) is 1.80. The molecular weight excluding hydrogens is 168 g/mol. The third-order valence-electron chi connectivity index (χ3n) is 2.10. The summed E-state index contributed by atoms with van der Waals surface area (Å²) in [7, 11) is 0. The Morgan fingerprint density at radius 2 is 2.23 bits per heavy atom. The number of aliphatic hydroxyl groups excluding tert-OH is 1. The molecular formula is C9H18N2O2. The van der Waals surface area contributed by atoms with Crippen LogP contribution >= 0.6 is 0 Å². The highest BCUT2D eigenvalue weighted by atomic mass is 16.3. The monoisotopic (exact) mass is 186 g/mol. The summed E-state index contributed by atoms with van der Waals surface area (Å²) >= 11 is 0. The number of aliphatic hydroxyl groups is 1. The van der Waals surface area contributed by atoms with Crippen LogP contribution in [0.3, 0.4) is 0 Å². The first-order valence-corrected chi connectivity index (χ1v) is 4.63. The minimum Gasteiger partial charge on any atom is -0.394 e. The number of rotatable bonds is 1. The van der Waals surface area contributed by atoms with E-state index in [0.29, 0.717) is 0 Å². The highest BCUT2D eigenvalue weighted by Gasteiger charge is 2.32. The van der Waals surface area contributed by atoms with E-state index in [-0.39, 0.29) is 24.2 Å². The zero-order valence-corrected chi connectivity index (χ0v) is 8.50. The van der Waals surface area contributed by atoms with E-state index in [4.69, 9.17) is 5.11 Å². The highest BCUT2D eigenvalue weighted by Crippen LogP contribution is 2.17. The van der Waals surface area contributed by atoms with Crippen molar-refractivity contribution in [1.82, 2.24) is 10.2 Å². The first-order chi connectivity index (χ1) is 5.94. The van der Waals surface area contributed by atoms with Crippen LogP contribution in [0.4, 0.5) is 4.79 Å². The summed E-state index contributed by atoms with van der Waals surface area (Å²) < 4.78 is 0. The number of nitrogens with one attached hydrogen (secondary N) is 1. The van der Waals surface area contributed by atoms with E-state index in [1.165, 1.54) is 0 Å². The second kappa shape index (κ2) is 3.54. The fourth-order valence-electron chi connectivity index (χ4n) is 1.29. The third kappa shape index (κ3) is 2.59. The Bertz CT molecular complexity index is 196. The molecule has 0 aromatic rings. The van der Waals surface area contributed by atoms with Crippen LogP contribution in [0.25, 0.3) is 0 Å². The Morgan fingerprint density at radius 3 is 2.54 bits per heavy atom. The van der Waals surface area contributed by atoms with Gasteiger partial charge in [0, 0.05) is 12.1 Å². The maximum absolute atomic E-state index is 11.5. The highest BCUT2D eigenvalue weighted by molar-refractivity contribution is 5.76. The molecule has 1 fully saturated rings. The average molecular weight is 186 g/mol. The van der Waals surface area contributed by atoms with Gasteiger partial charge in [0.15, 0.2) is 0 Å². The van der Waals surface area contributed by atoms with Crippen molar-refractivity contribution in [2.24, 2.45) is 0 Å². The lowest BCUT2D eigenvalue weighted by Gasteiger charge is -2.41. The second-order valence-corrected chi connectivity index (χ2v) is 4.50. The zero-order valence-electron chi connectivity index (χ0n) is 8.50. The zero-order chi connectivity index (χ0) is 10.1. The summed E-state index contributed by atoms with van der Waals surface area (Å²) in [5, 5.41) is 11.7. The first-order valence-electron chi connectivity index (χ1n) is 4.63. The van der Waals surface area contributed by atoms with Crippen molar-refractivity contribution < 1.29 is 9.90 Å².